The third kappa shape index (κ3) is 3.60. The first-order valence-electron chi connectivity index (χ1n) is 9.07. The molecule has 0 spiro atoms. The summed E-state index contributed by atoms with van der Waals surface area (Å²) >= 11 is 0. The van der Waals surface area contributed by atoms with E-state index in [1.807, 2.05) is 0 Å². The molecule has 132 valence electrons. The Bertz CT molecular complexity index is 816. The predicted molar refractivity (Wildman–Crippen MR) is 98.8 cm³/mol. The second-order valence-corrected chi connectivity index (χ2v) is 7.07. The topological polar surface area (TPSA) is 73.0 Å². The predicted octanol–water partition coefficient (Wildman–Crippen LogP) is 1.27. The number of hydrogen-bond donors (Lipinski definition) is 3. The number of aromatic amines is 1. The Kier molecular flexibility index (Phi) is 4.55. The second kappa shape index (κ2) is 6.98. The van der Waals surface area contributed by atoms with Gasteiger partial charge in [0.1, 0.15) is 0 Å². The highest BCUT2D eigenvalue weighted by Crippen LogP contribution is 2.19. The van der Waals surface area contributed by atoms with E-state index in [0.29, 0.717) is 12.5 Å². The van der Waals surface area contributed by atoms with Crippen molar-refractivity contribution < 1.29 is 0 Å². The van der Waals surface area contributed by atoms with Crippen molar-refractivity contribution in [3.63, 3.8) is 0 Å². The van der Waals surface area contributed by atoms with E-state index < -0.39 is 0 Å². The molecular weight excluding hydrogens is 314 g/mol. The lowest BCUT2D eigenvalue weighted by Gasteiger charge is -2.31. The summed E-state index contributed by atoms with van der Waals surface area (Å²) in [6, 6.07) is 8.88. The van der Waals surface area contributed by atoms with Crippen LogP contribution in [0.25, 0.3) is 0 Å². The van der Waals surface area contributed by atoms with Crippen LogP contribution in [0, 0.1) is 0 Å². The molecule has 1 aromatic heterocycles. The monoisotopic (exact) mass is 339 g/mol. The van der Waals surface area contributed by atoms with Crippen molar-refractivity contribution in [3.05, 3.63) is 57.0 Å². The number of fused-ring (bicyclic) bond motifs is 2. The first kappa shape index (κ1) is 16.3. The fraction of sp³-hybridized carbons (Fsp3) is 0.474. The Morgan fingerprint density at radius 3 is 3.00 bits per heavy atom. The van der Waals surface area contributed by atoms with E-state index in [9.17, 15) is 4.79 Å². The van der Waals surface area contributed by atoms with Gasteiger partial charge in [0.15, 0.2) is 0 Å². The molecule has 6 nitrogen and oxygen atoms in total. The van der Waals surface area contributed by atoms with Gasteiger partial charge in [-0.3, -0.25) is 14.7 Å². The summed E-state index contributed by atoms with van der Waals surface area (Å²) in [5, 5.41) is 6.64. The second-order valence-electron chi connectivity index (χ2n) is 7.07. The lowest BCUT2D eigenvalue weighted by Crippen LogP contribution is -2.39. The van der Waals surface area contributed by atoms with Crippen LogP contribution in [-0.2, 0) is 25.9 Å². The number of aromatic nitrogens is 2. The normalized spacial score (nSPS) is 18.3. The van der Waals surface area contributed by atoms with Crippen molar-refractivity contribution >= 4 is 5.95 Å². The molecule has 2 aliphatic heterocycles. The van der Waals surface area contributed by atoms with E-state index in [4.69, 9.17) is 0 Å². The van der Waals surface area contributed by atoms with Crippen LogP contribution >= 0.6 is 0 Å². The van der Waals surface area contributed by atoms with Crippen molar-refractivity contribution in [2.45, 2.75) is 38.9 Å². The Hall–Kier alpha value is -2.18. The molecule has 1 unspecified atom stereocenters. The van der Waals surface area contributed by atoms with Gasteiger partial charge in [0.2, 0.25) is 5.95 Å². The number of nitrogens with zero attached hydrogens (tertiary/aromatic N) is 2. The first-order valence-corrected chi connectivity index (χ1v) is 9.07. The molecule has 0 radical (unpaired) electrons. The van der Waals surface area contributed by atoms with Gasteiger partial charge in [-0.2, -0.15) is 0 Å². The van der Waals surface area contributed by atoms with Crippen LogP contribution in [0.5, 0.6) is 0 Å². The highest BCUT2D eigenvalue weighted by atomic mass is 16.1. The van der Waals surface area contributed by atoms with E-state index in [0.717, 1.165) is 50.3 Å². The molecule has 4 rings (SSSR count). The maximum atomic E-state index is 12.2. The van der Waals surface area contributed by atoms with Crippen LogP contribution in [0.2, 0.25) is 0 Å². The summed E-state index contributed by atoms with van der Waals surface area (Å²) in [6.07, 6.45) is 1.85. The minimum atomic E-state index is -0.00639. The average Bonchev–Trinajstić information content (AvgIpc) is 2.61. The van der Waals surface area contributed by atoms with Crippen molar-refractivity contribution in [3.8, 4) is 0 Å². The lowest BCUT2D eigenvalue weighted by molar-refractivity contribution is 0.247. The van der Waals surface area contributed by atoms with Gasteiger partial charge in [-0.05, 0) is 37.4 Å². The Labute approximate surface area is 147 Å². The molecule has 2 aromatic rings. The summed E-state index contributed by atoms with van der Waals surface area (Å²) < 4.78 is 0. The molecular formula is C19H25N5O. The molecule has 0 aliphatic carbocycles. The van der Waals surface area contributed by atoms with Crippen LogP contribution in [-0.4, -0.2) is 40.5 Å². The van der Waals surface area contributed by atoms with Crippen molar-refractivity contribution in [2.75, 3.05) is 25.0 Å². The number of rotatable bonds is 4. The van der Waals surface area contributed by atoms with Gasteiger partial charge in [-0.15, -0.1) is 0 Å². The van der Waals surface area contributed by atoms with Crippen LogP contribution in [0.3, 0.4) is 0 Å². The van der Waals surface area contributed by atoms with Gasteiger partial charge in [0, 0.05) is 37.8 Å². The van der Waals surface area contributed by atoms with Gasteiger partial charge in [-0.1, -0.05) is 24.3 Å². The fourth-order valence-corrected chi connectivity index (χ4v) is 3.81. The average molecular weight is 339 g/mol. The van der Waals surface area contributed by atoms with Crippen LogP contribution in [0.4, 0.5) is 5.95 Å². The Balaban J connectivity index is 1.40. The number of benzene rings is 1. The zero-order valence-electron chi connectivity index (χ0n) is 14.6. The maximum absolute atomic E-state index is 12.2. The molecule has 0 amide bonds. The van der Waals surface area contributed by atoms with E-state index >= 15 is 0 Å². The van der Waals surface area contributed by atoms with E-state index in [1.54, 1.807) is 0 Å². The quantitative estimate of drug-likeness (QED) is 0.782. The van der Waals surface area contributed by atoms with Crippen molar-refractivity contribution in [2.24, 2.45) is 0 Å². The molecule has 3 N–H and O–H groups in total. The molecule has 3 heterocycles. The minimum Gasteiger partial charge on any atom is -0.352 e. The number of H-pyrrole nitrogens is 1. The largest absolute Gasteiger partial charge is 0.352 e. The van der Waals surface area contributed by atoms with Gasteiger partial charge in [0.25, 0.3) is 5.56 Å². The van der Waals surface area contributed by atoms with Crippen molar-refractivity contribution in [1.29, 1.82) is 0 Å². The molecule has 0 bridgehead atoms. The molecule has 0 fully saturated rings. The third-order valence-electron chi connectivity index (χ3n) is 5.07. The third-order valence-corrected chi connectivity index (χ3v) is 5.07. The van der Waals surface area contributed by atoms with Crippen molar-refractivity contribution in [1.82, 2.24) is 20.2 Å². The fourth-order valence-electron chi connectivity index (χ4n) is 3.81. The molecule has 1 atom stereocenters. The molecule has 6 heteroatoms. The summed E-state index contributed by atoms with van der Waals surface area (Å²) in [5.74, 6) is 0.581. The SMILES string of the molecule is CC(CN1CCc2ccccc2C1)Nc1nc2c(c(=O)[nH]1)CCNC2. The molecule has 0 saturated heterocycles. The van der Waals surface area contributed by atoms with Gasteiger partial charge < -0.3 is 10.6 Å². The van der Waals surface area contributed by atoms with Gasteiger partial charge >= 0.3 is 0 Å². The zero-order chi connectivity index (χ0) is 17.2. The summed E-state index contributed by atoms with van der Waals surface area (Å²) in [7, 11) is 0. The van der Waals surface area contributed by atoms with E-state index in [-0.39, 0.29) is 11.6 Å². The maximum Gasteiger partial charge on any atom is 0.255 e. The Morgan fingerprint density at radius 1 is 1.28 bits per heavy atom. The molecule has 25 heavy (non-hydrogen) atoms. The van der Waals surface area contributed by atoms with Crippen LogP contribution in [0.1, 0.15) is 29.3 Å². The highest BCUT2D eigenvalue weighted by Gasteiger charge is 2.19. The summed E-state index contributed by atoms with van der Waals surface area (Å²) in [4.78, 5) is 22.2. The molecule has 1 aromatic carbocycles. The molecule has 2 aliphatic rings. The van der Waals surface area contributed by atoms with Gasteiger partial charge in [-0.25, -0.2) is 4.98 Å². The zero-order valence-corrected chi connectivity index (χ0v) is 14.6. The van der Waals surface area contributed by atoms with E-state index in [1.165, 1.54) is 11.1 Å². The number of hydrogen-bond acceptors (Lipinski definition) is 5. The number of anilines is 1. The highest BCUT2D eigenvalue weighted by molar-refractivity contribution is 5.32. The molecule has 0 saturated carbocycles. The van der Waals surface area contributed by atoms with Gasteiger partial charge in [0.05, 0.1) is 5.69 Å². The minimum absolute atomic E-state index is 0.00639. The summed E-state index contributed by atoms with van der Waals surface area (Å²) in [5.41, 5.74) is 4.58. The number of nitrogens with one attached hydrogen (secondary N) is 3. The van der Waals surface area contributed by atoms with E-state index in [2.05, 4.69) is 56.7 Å². The Morgan fingerprint density at radius 2 is 2.12 bits per heavy atom. The standard InChI is InChI=1S/C19H25N5O/c1-13(11-24-9-7-14-4-2-3-5-15(14)12-24)21-19-22-17-10-20-8-6-16(17)18(25)23-19/h2-5,13,20H,6-12H2,1H3,(H2,21,22,23,25). The first-order chi connectivity index (χ1) is 12.2. The summed E-state index contributed by atoms with van der Waals surface area (Å²) in [6.45, 7) is 6.63. The van der Waals surface area contributed by atoms with Crippen LogP contribution < -0.4 is 16.2 Å². The lowest BCUT2D eigenvalue weighted by atomic mass is 10.00. The smallest absolute Gasteiger partial charge is 0.255 e. The van der Waals surface area contributed by atoms with Crippen LogP contribution in [0.15, 0.2) is 29.1 Å².